The lowest BCUT2D eigenvalue weighted by Crippen LogP contribution is -2.51. The highest BCUT2D eigenvalue weighted by Gasteiger charge is 2.29. The molecule has 0 bridgehead atoms. The molecule has 1 saturated heterocycles. The Balaban J connectivity index is 1.47. The van der Waals surface area contributed by atoms with E-state index >= 15 is 0 Å². The molecule has 2 amide bonds. The Hall–Kier alpha value is -2.11. The van der Waals surface area contributed by atoms with Gasteiger partial charge < -0.3 is 19.1 Å². The molecule has 0 aliphatic carbocycles. The normalized spacial score (nSPS) is 15.7. The summed E-state index contributed by atoms with van der Waals surface area (Å²) in [5.41, 5.74) is 0. The number of amides is 2. The highest BCUT2D eigenvalue weighted by Crippen LogP contribution is 2.14. The van der Waals surface area contributed by atoms with Gasteiger partial charge in [-0.2, -0.15) is 4.31 Å². The summed E-state index contributed by atoms with van der Waals surface area (Å²) in [6.45, 7) is 0.934. The molecule has 11 heteroatoms. The second kappa shape index (κ2) is 8.28. The maximum atomic E-state index is 12.4. The predicted molar refractivity (Wildman–Crippen MR) is 98.7 cm³/mol. The number of carbonyl (C=O) groups is 2. The van der Waals surface area contributed by atoms with Gasteiger partial charge in [-0.1, -0.05) is 0 Å². The molecule has 0 unspecified atom stereocenters. The Morgan fingerprint density at radius 3 is 2.44 bits per heavy atom. The number of hydrogen-bond acceptors (Lipinski definition) is 6. The quantitative estimate of drug-likeness (QED) is 0.692. The number of rotatable bonds is 6. The van der Waals surface area contributed by atoms with Crippen LogP contribution in [0.3, 0.4) is 0 Å². The number of nitrogens with zero attached hydrogens (tertiary/aromatic N) is 2. The van der Waals surface area contributed by atoms with E-state index in [4.69, 9.17) is 8.83 Å². The summed E-state index contributed by atoms with van der Waals surface area (Å²) in [4.78, 5) is 25.6. The first-order valence-corrected chi connectivity index (χ1v) is 10.6. The summed E-state index contributed by atoms with van der Waals surface area (Å²) in [7, 11) is -3.54. The van der Waals surface area contributed by atoms with Crippen LogP contribution in [-0.4, -0.2) is 67.9 Å². The van der Waals surface area contributed by atoms with E-state index in [2.05, 4.69) is 21.2 Å². The van der Waals surface area contributed by atoms with Gasteiger partial charge in [-0.3, -0.25) is 9.59 Å². The van der Waals surface area contributed by atoms with E-state index in [0.717, 1.165) is 0 Å². The van der Waals surface area contributed by atoms with E-state index in [0.29, 0.717) is 4.67 Å². The fraction of sp³-hybridized carbons (Fsp3) is 0.375. The molecule has 146 valence electrons. The minimum Gasteiger partial charge on any atom is -0.459 e. The highest BCUT2D eigenvalue weighted by atomic mass is 79.9. The van der Waals surface area contributed by atoms with Crippen molar-refractivity contribution in [2.24, 2.45) is 0 Å². The summed E-state index contributed by atoms with van der Waals surface area (Å²) >= 11 is 3.10. The van der Waals surface area contributed by atoms with E-state index in [1.807, 2.05) is 0 Å². The molecule has 0 radical (unpaired) electrons. The molecule has 3 heterocycles. The van der Waals surface area contributed by atoms with E-state index in [1.165, 1.54) is 16.6 Å². The van der Waals surface area contributed by atoms with Gasteiger partial charge in [-0.25, -0.2) is 8.42 Å². The molecule has 9 nitrogen and oxygen atoms in total. The van der Waals surface area contributed by atoms with Crippen molar-refractivity contribution < 1.29 is 26.8 Å². The average molecular weight is 460 g/mol. The number of carbonyl (C=O) groups excluding carboxylic acids is 2. The zero-order valence-electron chi connectivity index (χ0n) is 14.3. The van der Waals surface area contributed by atoms with Crippen molar-refractivity contribution in [3.05, 3.63) is 46.7 Å². The Labute approximate surface area is 164 Å². The molecule has 2 aromatic heterocycles. The van der Waals surface area contributed by atoms with Crippen molar-refractivity contribution in [3.63, 3.8) is 0 Å². The van der Waals surface area contributed by atoms with E-state index < -0.39 is 15.9 Å². The lowest BCUT2D eigenvalue weighted by molar-refractivity contribution is 0.0665. The van der Waals surface area contributed by atoms with Gasteiger partial charge in [0.2, 0.25) is 10.0 Å². The topological polar surface area (TPSA) is 113 Å². The van der Waals surface area contributed by atoms with Crippen LogP contribution in [0.1, 0.15) is 21.1 Å². The molecule has 2 aromatic rings. The van der Waals surface area contributed by atoms with Crippen molar-refractivity contribution in [2.45, 2.75) is 0 Å². The Kier molecular flexibility index (Phi) is 6.02. The third kappa shape index (κ3) is 4.79. The number of furan rings is 2. The molecular formula is C16H18BrN3O6S. The molecule has 1 fully saturated rings. The molecule has 0 aromatic carbocycles. The third-order valence-corrected chi connectivity index (χ3v) is 6.39. The van der Waals surface area contributed by atoms with Crippen LogP contribution >= 0.6 is 15.9 Å². The van der Waals surface area contributed by atoms with Crippen molar-refractivity contribution >= 4 is 37.8 Å². The average Bonchev–Trinajstić information content (AvgIpc) is 3.33. The van der Waals surface area contributed by atoms with Crippen LogP contribution in [0.5, 0.6) is 0 Å². The lowest BCUT2D eigenvalue weighted by Gasteiger charge is -2.33. The second-order valence-corrected chi connectivity index (χ2v) is 8.71. The van der Waals surface area contributed by atoms with Crippen LogP contribution in [0.4, 0.5) is 0 Å². The molecule has 0 atom stereocenters. The molecule has 1 N–H and O–H groups in total. The van der Waals surface area contributed by atoms with Gasteiger partial charge in [0.05, 0.1) is 12.0 Å². The van der Waals surface area contributed by atoms with Gasteiger partial charge in [0.25, 0.3) is 11.8 Å². The first-order valence-electron chi connectivity index (χ1n) is 8.21. The van der Waals surface area contributed by atoms with Crippen LogP contribution in [0, 0.1) is 0 Å². The van der Waals surface area contributed by atoms with Gasteiger partial charge in [0, 0.05) is 32.7 Å². The number of sulfonamides is 1. The summed E-state index contributed by atoms with van der Waals surface area (Å²) in [5.74, 6) is -0.631. The third-order valence-electron chi connectivity index (χ3n) is 4.09. The number of piperazine rings is 1. The molecule has 3 rings (SSSR count). The first-order chi connectivity index (χ1) is 12.9. The SMILES string of the molecule is O=C(NCCS(=O)(=O)N1CCN(C(=O)c2ccco2)CC1)c1ccc(Br)o1. The van der Waals surface area contributed by atoms with Gasteiger partial charge in [0.15, 0.2) is 16.2 Å². The smallest absolute Gasteiger partial charge is 0.289 e. The van der Waals surface area contributed by atoms with Crippen LogP contribution in [0.15, 0.2) is 44.0 Å². The van der Waals surface area contributed by atoms with Crippen LogP contribution in [0.2, 0.25) is 0 Å². The van der Waals surface area contributed by atoms with E-state index in [-0.39, 0.29) is 55.9 Å². The number of halogens is 1. The van der Waals surface area contributed by atoms with Crippen molar-refractivity contribution in [1.29, 1.82) is 0 Å². The summed E-state index contributed by atoms with van der Waals surface area (Å²) in [6, 6.07) is 6.27. The largest absolute Gasteiger partial charge is 0.459 e. The van der Waals surface area contributed by atoms with E-state index in [1.54, 1.807) is 23.1 Å². The molecular weight excluding hydrogens is 442 g/mol. The van der Waals surface area contributed by atoms with Crippen molar-refractivity contribution in [2.75, 3.05) is 38.5 Å². The molecule has 0 spiro atoms. The minimum absolute atomic E-state index is 0.0367. The Bertz CT molecular complexity index is 900. The van der Waals surface area contributed by atoms with Crippen LogP contribution in [-0.2, 0) is 10.0 Å². The Morgan fingerprint density at radius 1 is 1.11 bits per heavy atom. The number of hydrogen-bond donors (Lipinski definition) is 1. The molecule has 1 aliphatic heterocycles. The van der Waals surface area contributed by atoms with Gasteiger partial charge >= 0.3 is 0 Å². The molecule has 0 saturated carbocycles. The zero-order valence-corrected chi connectivity index (χ0v) is 16.7. The summed E-state index contributed by atoms with van der Waals surface area (Å²) < 4.78 is 36.8. The van der Waals surface area contributed by atoms with Crippen molar-refractivity contribution in [1.82, 2.24) is 14.5 Å². The summed E-state index contributed by atoms with van der Waals surface area (Å²) in [5, 5.41) is 2.52. The Morgan fingerprint density at radius 2 is 1.85 bits per heavy atom. The molecule has 27 heavy (non-hydrogen) atoms. The zero-order chi connectivity index (χ0) is 19.4. The standard InChI is InChI=1S/C16H18BrN3O6S/c17-14-4-3-12(26-14)15(21)18-5-11-27(23,24)20-8-6-19(7-9-20)16(22)13-2-1-10-25-13/h1-4,10H,5-9,11H2,(H,18,21). The lowest BCUT2D eigenvalue weighted by atomic mass is 10.3. The van der Waals surface area contributed by atoms with Crippen LogP contribution in [0.25, 0.3) is 0 Å². The predicted octanol–water partition coefficient (Wildman–Crippen LogP) is 1.15. The first kappa shape index (κ1) is 19.6. The van der Waals surface area contributed by atoms with Crippen molar-refractivity contribution in [3.8, 4) is 0 Å². The summed E-state index contributed by atoms with van der Waals surface area (Å²) in [6.07, 6.45) is 1.42. The molecule has 1 aliphatic rings. The minimum atomic E-state index is -3.54. The second-order valence-electron chi connectivity index (χ2n) is 5.84. The fourth-order valence-electron chi connectivity index (χ4n) is 2.67. The fourth-order valence-corrected chi connectivity index (χ4v) is 4.32. The van der Waals surface area contributed by atoms with Gasteiger partial charge in [0.1, 0.15) is 0 Å². The maximum Gasteiger partial charge on any atom is 0.289 e. The maximum absolute atomic E-state index is 12.4. The van der Waals surface area contributed by atoms with Crippen LogP contribution < -0.4 is 5.32 Å². The van der Waals surface area contributed by atoms with Gasteiger partial charge in [-0.15, -0.1) is 0 Å². The van der Waals surface area contributed by atoms with Gasteiger partial charge in [-0.05, 0) is 40.2 Å². The van der Waals surface area contributed by atoms with E-state index in [9.17, 15) is 18.0 Å². The monoisotopic (exact) mass is 459 g/mol. The number of nitrogens with one attached hydrogen (secondary N) is 1. The highest BCUT2D eigenvalue weighted by molar-refractivity contribution is 9.10.